The lowest BCUT2D eigenvalue weighted by atomic mass is 10.3. The molecule has 0 aliphatic carbocycles. The lowest BCUT2D eigenvalue weighted by molar-refractivity contribution is -0.149. The summed E-state index contributed by atoms with van der Waals surface area (Å²) in [6.45, 7) is 2.33. The SMILES string of the molecule is Cc1cn(CC(=O)N(CC(=O)OCC(Br)(Br)Br)CC(C)NC=O)c(=O)[nH]c1=O. The van der Waals surface area contributed by atoms with Crippen LogP contribution in [-0.4, -0.2) is 60.6 Å². The maximum atomic E-state index is 12.7. The topological polar surface area (TPSA) is 131 Å². The summed E-state index contributed by atoms with van der Waals surface area (Å²) in [5.41, 5.74) is -1.02. The van der Waals surface area contributed by atoms with Gasteiger partial charge in [0.2, 0.25) is 12.3 Å². The van der Waals surface area contributed by atoms with Crippen molar-refractivity contribution in [2.45, 2.75) is 28.6 Å². The highest BCUT2D eigenvalue weighted by atomic mass is 80.0. The number of aryl methyl sites for hydroxylation is 1. The number of aromatic amines is 1. The zero-order chi connectivity index (χ0) is 21.5. The van der Waals surface area contributed by atoms with E-state index < -0.39 is 37.9 Å². The van der Waals surface area contributed by atoms with E-state index in [1.54, 1.807) is 6.92 Å². The Bertz CT molecular complexity index is 832. The second-order valence-electron chi connectivity index (χ2n) is 5.93. The third-order valence-corrected chi connectivity index (χ3v) is 4.10. The first-order valence-electron chi connectivity index (χ1n) is 7.93. The van der Waals surface area contributed by atoms with Gasteiger partial charge in [-0.05, 0) is 13.8 Å². The van der Waals surface area contributed by atoms with E-state index in [2.05, 4.69) is 58.1 Å². The predicted molar refractivity (Wildman–Crippen MR) is 112 cm³/mol. The van der Waals surface area contributed by atoms with Crippen molar-refractivity contribution in [3.63, 3.8) is 0 Å². The highest BCUT2D eigenvalue weighted by molar-refractivity contribution is 9.39. The molecule has 1 unspecified atom stereocenters. The highest BCUT2D eigenvalue weighted by Crippen LogP contribution is 2.33. The van der Waals surface area contributed by atoms with E-state index in [1.165, 1.54) is 13.1 Å². The lowest BCUT2D eigenvalue weighted by Gasteiger charge is -2.25. The quantitative estimate of drug-likeness (QED) is 0.240. The number of halogens is 3. The van der Waals surface area contributed by atoms with Crippen molar-refractivity contribution in [2.75, 3.05) is 19.7 Å². The van der Waals surface area contributed by atoms with Gasteiger partial charge in [0, 0.05) is 24.3 Å². The molecule has 1 heterocycles. The fourth-order valence-corrected chi connectivity index (χ4v) is 2.44. The minimum atomic E-state index is -0.787. The number of carbonyl (C=O) groups is 3. The zero-order valence-electron chi connectivity index (χ0n) is 15.0. The minimum absolute atomic E-state index is 0.0197. The maximum absolute atomic E-state index is 12.7. The summed E-state index contributed by atoms with van der Waals surface area (Å²) < 4.78 is 5.31. The van der Waals surface area contributed by atoms with Crippen LogP contribution < -0.4 is 16.6 Å². The van der Waals surface area contributed by atoms with Crippen LogP contribution in [0.1, 0.15) is 12.5 Å². The molecule has 0 saturated carbocycles. The zero-order valence-corrected chi connectivity index (χ0v) is 19.8. The smallest absolute Gasteiger partial charge is 0.328 e. The molecule has 0 aliphatic heterocycles. The lowest BCUT2D eigenvalue weighted by Crippen LogP contribution is -2.47. The molecule has 13 heteroatoms. The molecule has 0 saturated heterocycles. The first-order chi connectivity index (χ1) is 12.9. The molecular weight excluding hydrogens is 572 g/mol. The van der Waals surface area contributed by atoms with Crippen LogP contribution in [0.4, 0.5) is 0 Å². The molecule has 0 fully saturated rings. The Balaban J connectivity index is 2.94. The van der Waals surface area contributed by atoms with E-state index in [1.807, 2.05) is 0 Å². The standard InChI is InChI=1S/C15H19Br3N4O6/c1-9-3-22(14(27)20-13(9)26)5-11(24)21(4-10(2)19-8-23)6-12(25)28-7-15(16,17)18/h3,8,10H,4-7H2,1-2H3,(H,19,23)(H,20,26,27). The molecule has 2 N–H and O–H groups in total. The van der Waals surface area contributed by atoms with Crippen molar-refractivity contribution in [3.05, 3.63) is 32.6 Å². The fraction of sp³-hybridized carbons (Fsp3) is 0.533. The van der Waals surface area contributed by atoms with E-state index in [0.717, 1.165) is 9.47 Å². The van der Waals surface area contributed by atoms with E-state index in [-0.39, 0.29) is 25.3 Å². The number of esters is 1. The normalized spacial score (nSPS) is 12.2. The van der Waals surface area contributed by atoms with Gasteiger partial charge in [0.05, 0.1) is 0 Å². The molecule has 10 nitrogen and oxygen atoms in total. The molecule has 0 spiro atoms. The van der Waals surface area contributed by atoms with Crippen molar-refractivity contribution < 1.29 is 19.1 Å². The first-order valence-corrected chi connectivity index (χ1v) is 10.3. The first kappa shape index (κ1) is 24.6. The van der Waals surface area contributed by atoms with Gasteiger partial charge in [0.15, 0.2) is 2.14 Å². The third kappa shape index (κ3) is 8.69. The van der Waals surface area contributed by atoms with Gasteiger partial charge < -0.3 is 15.0 Å². The Morgan fingerprint density at radius 1 is 1.39 bits per heavy atom. The molecule has 28 heavy (non-hydrogen) atoms. The number of aromatic nitrogens is 2. The maximum Gasteiger partial charge on any atom is 0.328 e. The number of hydrogen-bond acceptors (Lipinski definition) is 6. The van der Waals surface area contributed by atoms with Crippen molar-refractivity contribution in [2.24, 2.45) is 0 Å². The van der Waals surface area contributed by atoms with Gasteiger partial charge in [0.1, 0.15) is 19.7 Å². The molecule has 0 radical (unpaired) electrons. The van der Waals surface area contributed by atoms with Crippen molar-refractivity contribution >= 4 is 66.1 Å². The second kappa shape index (κ2) is 10.9. The third-order valence-electron chi connectivity index (χ3n) is 3.41. The number of nitrogens with zero attached hydrogens (tertiary/aromatic N) is 2. The largest absolute Gasteiger partial charge is 0.461 e. The Labute approximate surface area is 185 Å². The number of amides is 2. The number of rotatable bonds is 9. The number of carbonyl (C=O) groups excluding carboxylic acids is 3. The van der Waals surface area contributed by atoms with E-state index in [4.69, 9.17) is 4.74 Å². The average Bonchev–Trinajstić information content (AvgIpc) is 2.57. The van der Waals surface area contributed by atoms with Crippen LogP contribution in [0.3, 0.4) is 0 Å². The number of ether oxygens (including phenoxy) is 1. The molecule has 0 aromatic carbocycles. The van der Waals surface area contributed by atoms with Crippen LogP contribution in [-0.2, 0) is 25.7 Å². The van der Waals surface area contributed by atoms with Crippen molar-refractivity contribution in [1.29, 1.82) is 0 Å². The highest BCUT2D eigenvalue weighted by Gasteiger charge is 2.24. The van der Waals surface area contributed by atoms with E-state index in [0.29, 0.717) is 6.41 Å². The summed E-state index contributed by atoms with van der Waals surface area (Å²) in [7, 11) is 0. The Hall–Kier alpha value is -1.47. The molecule has 1 atom stereocenters. The van der Waals surface area contributed by atoms with Gasteiger partial charge in [0.25, 0.3) is 5.56 Å². The molecule has 1 aromatic heterocycles. The van der Waals surface area contributed by atoms with Gasteiger partial charge in [-0.1, -0.05) is 47.8 Å². The minimum Gasteiger partial charge on any atom is -0.461 e. The Kier molecular flexibility index (Phi) is 9.57. The number of nitrogens with one attached hydrogen (secondary N) is 2. The van der Waals surface area contributed by atoms with E-state index in [9.17, 15) is 24.0 Å². The molecule has 0 aliphatic rings. The van der Waals surface area contributed by atoms with Crippen LogP contribution in [0.5, 0.6) is 0 Å². The molecule has 1 aromatic rings. The Morgan fingerprint density at radius 2 is 2.04 bits per heavy atom. The summed E-state index contributed by atoms with van der Waals surface area (Å²) in [5, 5.41) is 2.49. The van der Waals surface area contributed by atoms with Crippen LogP contribution in [0.2, 0.25) is 0 Å². The van der Waals surface area contributed by atoms with Gasteiger partial charge in [-0.25, -0.2) is 4.79 Å². The summed E-state index contributed by atoms with van der Waals surface area (Å²) in [6.07, 6.45) is 1.74. The summed E-state index contributed by atoms with van der Waals surface area (Å²) in [5.74, 6) is -1.24. The van der Waals surface area contributed by atoms with E-state index >= 15 is 0 Å². The average molecular weight is 591 g/mol. The Morgan fingerprint density at radius 3 is 2.61 bits per heavy atom. The second-order valence-corrected chi connectivity index (χ2v) is 13.2. The number of H-pyrrole nitrogens is 1. The van der Waals surface area contributed by atoms with Crippen LogP contribution >= 0.6 is 47.8 Å². The number of hydrogen-bond donors (Lipinski definition) is 2. The molecule has 2 amide bonds. The van der Waals surface area contributed by atoms with Crippen LogP contribution in [0.25, 0.3) is 0 Å². The van der Waals surface area contributed by atoms with Gasteiger partial charge in [-0.2, -0.15) is 0 Å². The molecule has 0 bridgehead atoms. The monoisotopic (exact) mass is 588 g/mol. The van der Waals surface area contributed by atoms with Crippen LogP contribution in [0, 0.1) is 6.92 Å². The van der Waals surface area contributed by atoms with Crippen molar-refractivity contribution in [1.82, 2.24) is 19.8 Å². The van der Waals surface area contributed by atoms with Gasteiger partial charge in [-0.15, -0.1) is 0 Å². The molecule has 156 valence electrons. The summed E-state index contributed by atoms with van der Waals surface area (Å²) in [4.78, 5) is 61.9. The number of alkyl halides is 3. The summed E-state index contributed by atoms with van der Waals surface area (Å²) in [6, 6.07) is -0.439. The molecular formula is C15H19Br3N4O6. The van der Waals surface area contributed by atoms with Crippen molar-refractivity contribution in [3.8, 4) is 0 Å². The summed E-state index contributed by atoms with van der Waals surface area (Å²) >= 11 is 9.56. The van der Waals surface area contributed by atoms with Crippen LogP contribution in [0.15, 0.2) is 15.8 Å². The molecule has 1 rings (SSSR count). The van der Waals surface area contributed by atoms with Gasteiger partial charge in [-0.3, -0.25) is 28.7 Å². The predicted octanol–water partition coefficient (Wildman–Crippen LogP) is 0.190. The fourth-order valence-electron chi connectivity index (χ4n) is 2.10. The van der Waals surface area contributed by atoms with Gasteiger partial charge >= 0.3 is 11.7 Å².